The van der Waals surface area contributed by atoms with Crippen molar-refractivity contribution in [1.29, 1.82) is 0 Å². The highest BCUT2D eigenvalue weighted by Gasteiger charge is 2.32. The molecule has 4 heteroatoms. The molecular weight excluding hydrogens is 302 g/mol. The Kier molecular flexibility index (Phi) is 4.47. The fourth-order valence-corrected chi connectivity index (χ4v) is 3.05. The number of hydrogen-bond donors (Lipinski definition) is 1. The number of fused-ring (bicyclic) bond motifs is 1. The molecule has 1 amide bonds. The van der Waals surface area contributed by atoms with Crippen LogP contribution in [0.2, 0.25) is 0 Å². The molecule has 1 aliphatic rings. The van der Waals surface area contributed by atoms with Crippen molar-refractivity contribution in [3.63, 3.8) is 0 Å². The second kappa shape index (κ2) is 6.56. The minimum Gasteiger partial charge on any atom is -0.493 e. The van der Waals surface area contributed by atoms with E-state index in [2.05, 4.69) is 25.2 Å². The third-order valence-corrected chi connectivity index (χ3v) is 4.14. The van der Waals surface area contributed by atoms with Crippen molar-refractivity contribution in [2.24, 2.45) is 0 Å². The maximum absolute atomic E-state index is 12.1. The molecule has 4 nitrogen and oxygen atoms in total. The lowest BCUT2D eigenvalue weighted by atomic mass is 9.99. The number of nitrogens with one attached hydrogen (secondary N) is 1. The summed E-state index contributed by atoms with van der Waals surface area (Å²) in [6.07, 6.45) is 1.62. The Bertz CT molecular complexity index is 738. The first-order valence-corrected chi connectivity index (χ1v) is 8.20. The summed E-state index contributed by atoms with van der Waals surface area (Å²) in [5, 5.41) is 2.96. The van der Waals surface area contributed by atoms with Crippen LogP contribution in [-0.4, -0.2) is 25.2 Å². The van der Waals surface area contributed by atoms with Gasteiger partial charge in [0.1, 0.15) is 5.60 Å². The topological polar surface area (TPSA) is 47.6 Å². The Morgan fingerprint density at radius 2 is 2.00 bits per heavy atom. The maximum Gasteiger partial charge on any atom is 0.251 e. The lowest BCUT2D eigenvalue weighted by molar-refractivity contribution is 0.0954. The smallest absolute Gasteiger partial charge is 0.251 e. The molecular formula is C20H23NO3. The third kappa shape index (κ3) is 3.53. The quantitative estimate of drug-likeness (QED) is 0.917. The van der Waals surface area contributed by atoms with Crippen LogP contribution in [0.3, 0.4) is 0 Å². The van der Waals surface area contributed by atoms with Crippen molar-refractivity contribution in [2.75, 3.05) is 13.7 Å². The highest BCUT2D eigenvalue weighted by atomic mass is 16.5. The van der Waals surface area contributed by atoms with E-state index in [0.717, 1.165) is 29.9 Å². The van der Waals surface area contributed by atoms with E-state index in [4.69, 9.17) is 9.47 Å². The van der Waals surface area contributed by atoms with Crippen LogP contribution in [-0.2, 0) is 12.8 Å². The SMILES string of the molecule is COc1cc(CCNC(=O)c2ccccc2)cc2c1OC(C)(C)C2. The number of amides is 1. The molecule has 0 saturated carbocycles. The van der Waals surface area contributed by atoms with Gasteiger partial charge in [0, 0.05) is 24.1 Å². The average molecular weight is 325 g/mol. The van der Waals surface area contributed by atoms with E-state index in [1.54, 1.807) is 7.11 Å². The normalized spacial score (nSPS) is 14.6. The standard InChI is InChI=1S/C20H23NO3/c1-20(2)13-16-11-14(12-17(23-3)18(16)24-20)9-10-21-19(22)15-7-5-4-6-8-15/h4-8,11-12H,9-10,13H2,1-3H3,(H,21,22). The van der Waals surface area contributed by atoms with Crippen LogP contribution >= 0.6 is 0 Å². The number of methoxy groups -OCH3 is 1. The van der Waals surface area contributed by atoms with E-state index in [-0.39, 0.29) is 11.5 Å². The van der Waals surface area contributed by atoms with E-state index in [0.29, 0.717) is 12.1 Å². The molecule has 0 spiro atoms. The van der Waals surface area contributed by atoms with Crippen LogP contribution in [0.15, 0.2) is 42.5 Å². The summed E-state index contributed by atoms with van der Waals surface area (Å²) in [7, 11) is 1.66. The molecule has 2 aromatic carbocycles. The van der Waals surface area contributed by atoms with Gasteiger partial charge in [0.15, 0.2) is 11.5 Å². The summed E-state index contributed by atoms with van der Waals surface area (Å²) in [5.41, 5.74) is 2.79. The molecule has 1 heterocycles. The predicted octanol–water partition coefficient (Wildman–Crippen LogP) is 3.38. The van der Waals surface area contributed by atoms with Crippen LogP contribution in [0.1, 0.15) is 35.3 Å². The van der Waals surface area contributed by atoms with Gasteiger partial charge in [-0.05, 0) is 44.0 Å². The summed E-state index contributed by atoms with van der Waals surface area (Å²) < 4.78 is 11.5. The Morgan fingerprint density at radius 1 is 1.25 bits per heavy atom. The van der Waals surface area contributed by atoms with E-state index >= 15 is 0 Å². The highest BCUT2D eigenvalue weighted by Crippen LogP contribution is 2.42. The Morgan fingerprint density at radius 3 is 2.71 bits per heavy atom. The lowest BCUT2D eigenvalue weighted by Gasteiger charge is -2.17. The van der Waals surface area contributed by atoms with E-state index in [9.17, 15) is 4.79 Å². The van der Waals surface area contributed by atoms with Gasteiger partial charge in [0.25, 0.3) is 5.91 Å². The minimum atomic E-state index is -0.199. The molecule has 0 aromatic heterocycles. The van der Waals surface area contributed by atoms with Crippen molar-refractivity contribution >= 4 is 5.91 Å². The fraction of sp³-hybridized carbons (Fsp3) is 0.350. The zero-order valence-electron chi connectivity index (χ0n) is 14.4. The van der Waals surface area contributed by atoms with Crippen molar-refractivity contribution in [2.45, 2.75) is 32.3 Å². The fourth-order valence-electron chi connectivity index (χ4n) is 3.05. The molecule has 3 rings (SSSR count). The molecule has 0 bridgehead atoms. The molecule has 1 N–H and O–H groups in total. The monoisotopic (exact) mass is 325 g/mol. The predicted molar refractivity (Wildman–Crippen MR) is 93.9 cm³/mol. The third-order valence-electron chi connectivity index (χ3n) is 4.14. The summed E-state index contributed by atoms with van der Waals surface area (Å²) >= 11 is 0. The number of hydrogen-bond acceptors (Lipinski definition) is 3. The van der Waals surface area contributed by atoms with Crippen LogP contribution in [0.25, 0.3) is 0 Å². The molecule has 24 heavy (non-hydrogen) atoms. The zero-order chi connectivity index (χ0) is 17.2. The first-order valence-electron chi connectivity index (χ1n) is 8.20. The van der Waals surface area contributed by atoms with Gasteiger partial charge in [-0.1, -0.05) is 24.3 Å². The maximum atomic E-state index is 12.1. The first-order chi connectivity index (χ1) is 11.5. The van der Waals surface area contributed by atoms with Crippen LogP contribution in [0.4, 0.5) is 0 Å². The van der Waals surface area contributed by atoms with E-state index < -0.39 is 0 Å². The number of rotatable bonds is 5. The van der Waals surface area contributed by atoms with Gasteiger partial charge >= 0.3 is 0 Å². The molecule has 126 valence electrons. The van der Waals surface area contributed by atoms with Gasteiger partial charge in [-0.15, -0.1) is 0 Å². The molecule has 0 aliphatic carbocycles. The molecule has 0 radical (unpaired) electrons. The lowest BCUT2D eigenvalue weighted by Crippen LogP contribution is -2.25. The van der Waals surface area contributed by atoms with E-state index in [1.165, 1.54) is 5.56 Å². The molecule has 0 saturated heterocycles. The number of carbonyl (C=O) groups excluding carboxylic acids is 1. The molecule has 0 atom stereocenters. The van der Waals surface area contributed by atoms with Gasteiger partial charge in [-0.3, -0.25) is 4.79 Å². The Hall–Kier alpha value is -2.49. The van der Waals surface area contributed by atoms with E-state index in [1.807, 2.05) is 36.4 Å². The summed E-state index contributed by atoms with van der Waals surface area (Å²) in [6.45, 7) is 4.73. The Labute approximate surface area is 142 Å². The van der Waals surface area contributed by atoms with Crippen molar-refractivity contribution in [3.8, 4) is 11.5 Å². The molecule has 1 aliphatic heterocycles. The summed E-state index contributed by atoms with van der Waals surface area (Å²) in [6, 6.07) is 13.4. The van der Waals surface area contributed by atoms with Gasteiger partial charge in [0.05, 0.1) is 7.11 Å². The number of benzene rings is 2. The van der Waals surface area contributed by atoms with Gasteiger partial charge in [-0.2, -0.15) is 0 Å². The van der Waals surface area contributed by atoms with Gasteiger partial charge in [-0.25, -0.2) is 0 Å². The largest absolute Gasteiger partial charge is 0.493 e. The van der Waals surface area contributed by atoms with Crippen LogP contribution in [0, 0.1) is 0 Å². The highest BCUT2D eigenvalue weighted by molar-refractivity contribution is 5.94. The zero-order valence-corrected chi connectivity index (χ0v) is 14.4. The molecule has 2 aromatic rings. The average Bonchev–Trinajstić information content (AvgIpc) is 2.88. The second-order valence-electron chi connectivity index (χ2n) is 6.70. The first kappa shape index (κ1) is 16.4. The Balaban J connectivity index is 1.65. The van der Waals surface area contributed by atoms with Gasteiger partial charge in [0.2, 0.25) is 0 Å². The summed E-state index contributed by atoms with van der Waals surface area (Å²) in [5.74, 6) is 1.57. The summed E-state index contributed by atoms with van der Waals surface area (Å²) in [4.78, 5) is 12.1. The number of ether oxygens (including phenoxy) is 2. The van der Waals surface area contributed by atoms with Crippen molar-refractivity contribution < 1.29 is 14.3 Å². The molecule has 0 unspecified atom stereocenters. The van der Waals surface area contributed by atoms with Crippen molar-refractivity contribution in [3.05, 3.63) is 59.2 Å². The van der Waals surface area contributed by atoms with Gasteiger partial charge < -0.3 is 14.8 Å². The van der Waals surface area contributed by atoms with Crippen LogP contribution in [0.5, 0.6) is 11.5 Å². The molecule has 0 fully saturated rings. The minimum absolute atomic E-state index is 0.0480. The van der Waals surface area contributed by atoms with Crippen LogP contribution < -0.4 is 14.8 Å². The van der Waals surface area contributed by atoms with Crippen molar-refractivity contribution in [1.82, 2.24) is 5.32 Å². The number of carbonyl (C=O) groups is 1. The second-order valence-corrected chi connectivity index (χ2v) is 6.70.